The van der Waals surface area contributed by atoms with E-state index in [0.29, 0.717) is 29.5 Å². The van der Waals surface area contributed by atoms with E-state index in [1.54, 1.807) is 24.8 Å². The molecule has 0 amide bonds. The molecule has 2 heterocycles. The van der Waals surface area contributed by atoms with E-state index in [9.17, 15) is 4.79 Å². The molecular formula is C24H26ClN3O3S. The maximum atomic E-state index is 11.9. The van der Waals surface area contributed by atoms with Crippen molar-refractivity contribution >= 4 is 29.1 Å². The molecule has 1 fully saturated rings. The highest BCUT2D eigenvalue weighted by Gasteiger charge is 2.22. The van der Waals surface area contributed by atoms with Crippen molar-refractivity contribution in [1.29, 1.82) is 0 Å². The number of Topliss-reactive ketones (excluding diaryl/α,β-unsaturated/α-hetero) is 1. The summed E-state index contributed by atoms with van der Waals surface area (Å²) in [5.41, 5.74) is 2.59. The Morgan fingerprint density at radius 2 is 2.06 bits per heavy atom. The predicted molar refractivity (Wildman–Crippen MR) is 127 cm³/mol. The van der Waals surface area contributed by atoms with Crippen molar-refractivity contribution in [3.63, 3.8) is 0 Å². The van der Waals surface area contributed by atoms with E-state index in [1.807, 2.05) is 43.3 Å². The molecule has 3 aromatic rings. The topological polar surface area (TPSA) is 66.2 Å². The van der Waals surface area contributed by atoms with Gasteiger partial charge in [0, 0.05) is 34.1 Å². The van der Waals surface area contributed by atoms with Crippen molar-refractivity contribution < 1.29 is 14.3 Å². The molecule has 0 spiro atoms. The predicted octanol–water partition coefficient (Wildman–Crippen LogP) is 5.67. The number of ketones is 1. The second-order valence-corrected chi connectivity index (χ2v) is 9.04. The Morgan fingerprint density at radius 1 is 1.25 bits per heavy atom. The van der Waals surface area contributed by atoms with Gasteiger partial charge in [0.25, 0.3) is 0 Å². The summed E-state index contributed by atoms with van der Waals surface area (Å²) in [6, 6.07) is 13.2. The van der Waals surface area contributed by atoms with Gasteiger partial charge < -0.3 is 9.47 Å². The van der Waals surface area contributed by atoms with E-state index >= 15 is 0 Å². The highest BCUT2D eigenvalue weighted by atomic mass is 35.5. The number of aromatic nitrogens is 3. The zero-order chi connectivity index (χ0) is 22.5. The molecule has 6 nitrogen and oxygen atoms in total. The van der Waals surface area contributed by atoms with E-state index in [0.717, 1.165) is 47.3 Å². The number of rotatable bonds is 9. The van der Waals surface area contributed by atoms with Crippen molar-refractivity contribution in [3.05, 3.63) is 58.6 Å². The van der Waals surface area contributed by atoms with Gasteiger partial charge in [0.05, 0.1) is 19.3 Å². The number of nitrogens with zero attached hydrogens (tertiary/aromatic N) is 3. The highest BCUT2D eigenvalue weighted by molar-refractivity contribution is 7.98. The molecule has 0 bridgehead atoms. The number of ether oxygens (including phenoxy) is 2. The van der Waals surface area contributed by atoms with Gasteiger partial charge in [-0.1, -0.05) is 23.4 Å². The lowest BCUT2D eigenvalue weighted by Gasteiger charge is -2.15. The van der Waals surface area contributed by atoms with Gasteiger partial charge in [-0.05, 0) is 69.2 Å². The highest BCUT2D eigenvalue weighted by Crippen LogP contribution is 2.32. The third-order valence-electron chi connectivity index (χ3n) is 5.35. The molecule has 1 aliphatic heterocycles. The van der Waals surface area contributed by atoms with Crippen LogP contribution in [0.25, 0.3) is 11.4 Å². The molecule has 1 aromatic heterocycles. The monoisotopic (exact) mass is 471 g/mol. The maximum absolute atomic E-state index is 11.9. The van der Waals surface area contributed by atoms with Crippen LogP contribution in [0.1, 0.15) is 42.6 Å². The summed E-state index contributed by atoms with van der Waals surface area (Å²) in [5, 5.41) is 10.5. The smallest absolute Gasteiger partial charge is 0.191 e. The first-order chi connectivity index (χ1) is 15.5. The zero-order valence-corrected chi connectivity index (χ0v) is 19.8. The average molecular weight is 472 g/mol. The number of halogens is 1. The lowest BCUT2D eigenvalue weighted by Crippen LogP contribution is -2.16. The molecule has 1 atom stereocenters. The summed E-state index contributed by atoms with van der Waals surface area (Å²) in [6.07, 6.45) is 2.25. The Morgan fingerprint density at radius 3 is 2.75 bits per heavy atom. The summed E-state index contributed by atoms with van der Waals surface area (Å²) < 4.78 is 13.8. The van der Waals surface area contributed by atoms with Crippen LogP contribution in [0.4, 0.5) is 0 Å². The van der Waals surface area contributed by atoms with Crippen LogP contribution in [0, 0.1) is 0 Å². The summed E-state index contributed by atoms with van der Waals surface area (Å²) >= 11 is 7.65. The Hall–Kier alpha value is -2.35. The van der Waals surface area contributed by atoms with Crippen LogP contribution in [0.5, 0.6) is 5.75 Å². The summed E-state index contributed by atoms with van der Waals surface area (Å²) in [5.74, 6) is 2.22. The summed E-state index contributed by atoms with van der Waals surface area (Å²) in [7, 11) is 0. The standard InChI is InChI=1S/C24H26ClN3O3S/c1-3-30-22-11-8-18(16(2)29)13-19(22)15-32-24-27-26-23(17-6-9-20(25)10-7-17)28(24)14-21-5-4-12-31-21/h6-11,13,21H,3-5,12,14-15H2,1-2H3/t21-/m1/s1. The fourth-order valence-electron chi connectivity index (χ4n) is 3.71. The van der Waals surface area contributed by atoms with Crippen LogP contribution in [-0.2, 0) is 17.0 Å². The fourth-order valence-corrected chi connectivity index (χ4v) is 4.77. The van der Waals surface area contributed by atoms with Gasteiger partial charge in [-0.3, -0.25) is 9.36 Å². The van der Waals surface area contributed by atoms with E-state index in [-0.39, 0.29) is 11.9 Å². The number of benzene rings is 2. The maximum Gasteiger partial charge on any atom is 0.191 e. The van der Waals surface area contributed by atoms with Gasteiger partial charge in [-0.25, -0.2) is 0 Å². The van der Waals surface area contributed by atoms with Crippen LogP contribution in [-0.4, -0.2) is 39.9 Å². The van der Waals surface area contributed by atoms with Crippen LogP contribution < -0.4 is 4.74 Å². The number of hydrogen-bond acceptors (Lipinski definition) is 6. The fraction of sp³-hybridized carbons (Fsp3) is 0.375. The quantitative estimate of drug-likeness (QED) is 0.296. The van der Waals surface area contributed by atoms with Gasteiger partial charge in [-0.15, -0.1) is 10.2 Å². The first-order valence-corrected chi connectivity index (χ1v) is 12.1. The number of thioether (sulfide) groups is 1. The second kappa shape index (κ2) is 10.5. The third-order valence-corrected chi connectivity index (χ3v) is 6.62. The molecule has 0 aliphatic carbocycles. The largest absolute Gasteiger partial charge is 0.494 e. The van der Waals surface area contributed by atoms with Crippen LogP contribution >= 0.6 is 23.4 Å². The molecule has 0 saturated carbocycles. The van der Waals surface area contributed by atoms with E-state index in [1.165, 1.54) is 0 Å². The molecule has 4 rings (SSSR count). The molecule has 1 aliphatic rings. The van der Waals surface area contributed by atoms with E-state index < -0.39 is 0 Å². The Balaban J connectivity index is 1.62. The zero-order valence-electron chi connectivity index (χ0n) is 18.2. The summed E-state index contributed by atoms with van der Waals surface area (Å²) in [6.45, 7) is 5.57. The number of hydrogen-bond donors (Lipinski definition) is 0. The Bertz CT molecular complexity index is 1080. The molecule has 0 N–H and O–H groups in total. The van der Waals surface area contributed by atoms with Crippen molar-refractivity contribution in [2.75, 3.05) is 13.2 Å². The Kier molecular flexibility index (Phi) is 7.50. The van der Waals surface area contributed by atoms with Crippen molar-refractivity contribution in [2.24, 2.45) is 0 Å². The second-order valence-electron chi connectivity index (χ2n) is 7.66. The van der Waals surface area contributed by atoms with Gasteiger partial charge in [0.15, 0.2) is 16.8 Å². The van der Waals surface area contributed by atoms with Crippen molar-refractivity contribution in [1.82, 2.24) is 14.8 Å². The molecule has 0 radical (unpaired) electrons. The number of carbonyl (C=O) groups excluding carboxylic acids is 1. The van der Waals surface area contributed by atoms with Crippen LogP contribution in [0.3, 0.4) is 0 Å². The third kappa shape index (κ3) is 5.34. The minimum Gasteiger partial charge on any atom is -0.494 e. The molecule has 168 valence electrons. The van der Waals surface area contributed by atoms with Crippen molar-refractivity contribution in [3.8, 4) is 17.1 Å². The SMILES string of the molecule is CCOc1ccc(C(C)=O)cc1CSc1nnc(-c2ccc(Cl)cc2)n1C[C@H]1CCCO1. The van der Waals surface area contributed by atoms with E-state index in [4.69, 9.17) is 21.1 Å². The first-order valence-electron chi connectivity index (χ1n) is 10.8. The first kappa shape index (κ1) is 22.8. The minimum absolute atomic E-state index is 0.0332. The Labute approximate surface area is 197 Å². The van der Waals surface area contributed by atoms with Crippen molar-refractivity contribution in [2.45, 2.75) is 50.2 Å². The lowest BCUT2D eigenvalue weighted by molar-refractivity contribution is 0.0953. The number of carbonyl (C=O) groups is 1. The normalized spacial score (nSPS) is 15.8. The molecule has 2 aromatic carbocycles. The average Bonchev–Trinajstić information content (AvgIpc) is 3.44. The van der Waals surface area contributed by atoms with Crippen LogP contribution in [0.2, 0.25) is 5.02 Å². The van der Waals surface area contributed by atoms with Gasteiger partial charge in [0.2, 0.25) is 0 Å². The molecular weight excluding hydrogens is 446 g/mol. The van der Waals surface area contributed by atoms with Gasteiger partial charge in [0.1, 0.15) is 5.75 Å². The van der Waals surface area contributed by atoms with Gasteiger partial charge in [-0.2, -0.15) is 0 Å². The van der Waals surface area contributed by atoms with Crippen LogP contribution in [0.15, 0.2) is 47.6 Å². The molecule has 8 heteroatoms. The summed E-state index contributed by atoms with van der Waals surface area (Å²) in [4.78, 5) is 11.9. The van der Waals surface area contributed by atoms with Gasteiger partial charge >= 0.3 is 0 Å². The minimum atomic E-state index is 0.0332. The lowest BCUT2D eigenvalue weighted by atomic mass is 10.1. The molecule has 32 heavy (non-hydrogen) atoms. The molecule has 1 saturated heterocycles. The van der Waals surface area contributed by atoms with E-state index in [2.05, 4.69) is 14.8 Å². The molecule has 0 unspecified atom stereocenters.